The molecule has 0 aromatic carbocycles. The van der Waals surface area contributed by atoms with Crippen molar-refractivity contribution in [2.24, 2.45) is 11.7 Å². The number of carbonyl (C=O) groups is 1. The average Bonchev–Trinajstić information content (AvgIpc) is 2.17. The van der Waals surface area contributed by atoms with E-state index in [1.807, 2.05) is 13.8 Å². The summed E-state index contributed by atoms with van der Waals surface area (Å²) in [5, 5.41) is 11.9. The molecule has 0 spiro atoms. The van der Waals surface area contributed by atoms with E-state index in [1.165, 1.54) is 0 Å². The van der Waals surface area contributed by atoms with Crippen molar-refractivity contribution in [1.29, 1.82) is 0 Å². The molecule has 4 heteroatoms. The summed E-state index contributed by atoms with van der Waals surface area (Å²) in [6.07, 6.45) is 4.62. The van der Waals surface area contributed by atoms with Crippen molar-refractivity contribution < 1.29 is 9.90 Å². The van der Waals surface area contributed by atoms with Crippen molar-refractivity contribution in [2.75, 3.05) is 6.61 Å². The van der Waals surface area contributed by atoms with Gasteiger partial charge in [0, 0.05) is 18.2 Å². The van der Waals surface area contributed by atoms with E-state index >= 15 is 0 Å². The first-order chi connectivity index (χ1) is 7.46. The summed E-state index contributed by atoms with van der Waals surface area (Å²) in [5.74, 6) is -0.00244. The second-order valence-electron chi connectivity index (χ2n) is 5.40. The summed E-state index contributed by atoms with van der Waals surface area (Å²) in [4.78, 5) is 12.0. The lowest BCUT2D eigenvalue weighted by Gasteiger charge is -2.32. The van der Waals surface area contributed by atoms with Crippen LogP contribution in [0.25, 0.3) is 0 Å². The first-order valence-electron chi connectivity index (χ1n) is 6.15. The van der Waals surface area contributed by atoms with Gasteiger partial charge in [-0.3, -0.25) is 4.79 Å². The van der Waals surface area contributed by atoms with Gasteiger partial charge in [0.25, 0.3) is 0 Å². The van der Waals surface area contributed by atoms with Gasteiger partial charge < -0.3 is 16.2 Å². The van der Waals surface area contributed by atoms with Gasteiger partial charge in [-0.15, -0.1) is 0 Å². The second kappa shape index (κ2) is 5.64. The number of aliphatic hydroxyl groups excluding tert-OH is 1. The molecule has 1 saturated carbocycles. The second-order valence-corrected chi connectivity index (χ2v) is 5.40. The molecule has 2 unspecified atom stereocenters. The Labute approximate surface area is 97.6 Å². The molecule has 0 aromatic heterocycles. The molecule has 0 radical (unpaired) electrons. The van der Waals surface area contributed by atoms with Crippen LogP contribution >= 0.6 is 0 Å². The van der Waals surface area contributed by atoms with Gasteiger partial charge in [0.15, 0.2) is 0 Å². The quantitative estimate of drug-likeness (QED) is 0.665. The molecule has 0 aromatic rings. The van der Waals surface area contributed by atoms with Crippen LogP contribution in [-0.4, -0.2) is 29.2 Å². The lowest BCUT2D eigenvalue weighted by molar-refractivity contribution is -0.128. The maximum absolute atomic E-state index is 12.0. The molecule has 1 rings (SSSR count). The number of nitrogens with two attached hydrogens (primary N) is 1. The molecule has 2 atom stereocenters. The van der Waals surface area contributed by atoms with Gasteiger partial charge in [-0.2, -0.15) is 0 Å². The van der Waals surface area contributed by atoms with E-state index < -0.39 is 0 Å². The summed E-state index contributed by atoms with van der Waals surface area (Å²) in [6.45, 7) is 3.94. The predicted molar refractivity (Wildman–Crippen MR) is 63.9 cm³/mol. The van der Waals surface area contributed by atoms with Crippen LogP contribution in [0.4, 0.5) is 0 Å². The summed E-state index contributed by atoms with van der Waals surface area (Å²) >= 11 is 0. The minimum Gasteiger partial charge on any atom is -0.396 e. The van der Waals surface area contributed by atoms with Crippen LogP contribution in [0, 0.1) is 5.92 Å². The normalized spacial score (nSPS) is 26.5. The highest BCUT2D eigenvalue weighted by atomic mass is 16.3. The van der Waals surface area contributed by atoms with Crippen LogP contribution in [0.3, 0.4) is 0 Å². The number of rotatable bonds is 4. The molecule has 0 heterocycles. The van der Waals surface area contributed by atoms with Crippen molar-refractivity contribution in [3.8, 4) is 0 Å². The zero-order valence-electron chi connectivity index (χ0n) is 10.3. The van der Waals surface area contributed by atoms with Crippen LogP contribution in [0.2, 0.25) is 0 Å². The largest absolute Gasteiger partial charge is 0.396 e. The fourth-order valence-corrected chi connectivity index (χ4v) is 2.25. The Balaban J connectivity index is 2.50. The number of aliphatic hydroxyl groups is 1. The highest BCUT2D eigenvalue weighted by Gasteiger charge is 2.31. The van der Waals surface area contributed by atoms with E-state index in [4.69, 9.17) is 10.8 Å². The van der Waals surface area contributed by atoms with E-state index in [2.05, 4.69) is 5.32 Å². The SMILES string of the molecule is CC(C)(CCO)NC(=O)C1CCCCC1N. The van der Waals surface area contributed by atoms with Crippen LogP contribution in [-0.2, 0) is 4.79 Å². The van der Waals surface area contributed by atoms with E-state index in [0.717, 1.165) is 25.7 Å². The van der Waals surface area contributed by atoms with Crippen molar-refractivity contribution in [2.45, 2.75) is 57.5 Å². The molecule has 4 nitrogen and oxygen atoms in total. The number of hydrogen-bond acceptors (Lipinski definition) is 3. The summed E-state index contributed by atoms with van der Waals surface area (Å²) in [5.41, 5.74) is 5.62. The third kappa shape index (κ3) is 3.76. The monoisotopic (exact) mass is 228 g/mol. The fraction of sp³-hybridized carbons (Fsp3) is 0.917. The molecule has 0 aliphatic heterocycles. The van der Waals surface area contributed by atoms with Crippen LogP contribution in [0.15, 0.2) is 0 Å². The first-order valence-corrected chi connectivity index (χ1v) is 6.15. The van der Waals surface area contributed by atoms with Crippen molar-refractivity contribution >= 4 is 5.91 Å². The maximum atomic E-state index is 12.0. The Morgan fingerprint density at radius 1 is 1.44 bits per heavy atom. The topological polar surface area (TPSA) is 75.3 Å². The molecule has 1 aliphatic rings. The Kier molecular flexibility index (Phi) is 4.74. The summed E-state index contributed by atoms with van der Waals surface area (Å²) < 4.78 is 0. The van der Waals surface area contributed by atoms with Gasteiger partial charge in [0.1, 0.15) is 0 Å². The Bertz CT molecular complexity index is 241. The smallest absolute Gasteiger partial charge is 0.225 e. The Morgan fingerprint density at radius 3 is 2.62 bits per heavy atom. The third-order valence-electron chi connectivity index (χ3n) is 3.35. The predicted octanol–water partition coefficient (Wildman–Crippen LogP) is 0.781. The number of carbonyl (C=O) groups excluding carboxylic acids is 1. The molecule has 94 valence electrons. The minimum atomic E-state index is -0.344. The molecule has 4 N–H and O–H groups in total. The van der Waals surface area contributed by atoms with Crippen LogP contribution in [0.5, 0.6) is 0 Å². The molecule has 16 heavy (non-hydrogen) atoms. The third-order valence-corrected chi connectivity index (χ3v) is 3.35. The summed E-state index contributed by atoms with van der Waals surface area (Å²) in [7, 11) is 0. The maximum Gasteiger partial charge on any atom is 0.225 e. The minimum absolute atomic E-state index is 0.00123. The van der Waals surface area contributed by atoms with Gasteiger partial charge in [-0.25, -0.2) is 0 Å². The van der Waals surface area contributed by atoms with Crippen LogP contribution < -0.4 is 11.1 Å². The van der Waals surface area contributed by atoms with Gasteiger partial charge in [-0.05, 0) is 33.1 Å². The molecule has 1 aliphatic carbocycles. The van der Waals surface area contributed by atoms with Gasteiger partial charge in [0.05, 0.1) is 5.92 Å². The van der Waals surface area contributed by atoms with Gasteiger partial charge in [0.2, 0.25) is 5.91 Å². The van der Waals surface area contributed by atoms with Gasteiger partial charge >= 0.3 is 0 Å². The van der Waals surface area contributed by atoms with E-state index in [1.54, 1.807) is 0 Å². The Hall–Kier alpha value is -0.610. The van der Waals surface area contributed by atoms with E-state index in [9.17, 15) is 4.79 Å². The van der Waals surface area contributed by atoms with Crippen molar-refractivity contribution in [1.82, 2.24) is 5.32 Å². The Morgan fingerprint density at radius 2 is 2.06 bits per heavy atom. The van der Waals surface area contributed by atoms with E-state index in [-0.39, 0.29) is 30.0 Å². The molecular formula is C12H24N2O2. The first kappa shape index (κ1) is 13.5. The number of amides is 1. The highest BCUT2D eigenvalue weighted by molar-refractivity contribution is 5.80. The van der Waals surface area contributed by atoms with Crippen molar-refractivity contribution in [3.05, 3.63) is 0 Å². The molecular weight excluding hydrogens is 204 g/mol. The zero-order chi connectivity index (χ0) is 12.2. The van der Waals surface area contributed by atoms with Gasteiger partial charge in [-0.1, -0.05) is 12.8 Å². The van der Waals surface area contributed by atoms with Crippen molar-refractivity contribution in [3.63, 3.8) is 0 Å². The summed E-state index contributed by atoms with van der Waals surface area (Å²) in [6, 6.07) is -0.00123. The molecule has 1 amide bonds. The zero-order valence-corrected chi connectivity index (χ0v) is 10.3. The van der Waals surface area contributed by atoms with Crippen LogP contribution in [0.1, 0.15) is 46.0 Å². The number of nitrogens with one attached hydrogen (secondary N) is 1. The highest BCUT2D eigenvalue weighted by Crippen LogP contribution is 2.24. The molecule has 0 bridgehead atoms. The fourth-order valence-electron chi connectivity index (χ4n) is 2.25. The lowest BCUT2D eigenvalue weighted by atomic mass is 9.84. The van der Waals surface area contributed by atoms with E-state index in [0.29, 0.717) is 6.42 Å². The number of hydrogen-bond donors (Lipinski definition) is 3. The standard InChI is InChI=1S/C12H24N2O2/c1-12(2,7-8-15)14-11(16)9-5-3-4-6-10(9)13/h9-10,15H,3-8,13H2,1-2H3,(H,14,16). The molecule has 0 saturated heterocycles. The average molecular weight is 228 g/mol. The molecule has 1 fully saturated rings. The lowest BCUT2D eigenvalue weighted by Crippen LogP contribution is -2.51.